The number of nitrogens with zero attached hydrogens (tertiary/aromatic N) is 1. The first-order valence-electron chi connectivity index (χ1n) is 9.33. The van der Waals surface area contributed by atoms with Crippen molar-refractivity contribution in [2.24, 2.45) is 0 Å². The number of methoxy groups -OCH3 is 1. The van der Waals surface area contributed by atoms with Crippen LogP contribution in [0.4, 0.5) is 0 Å². The molecule has 1 heterocycles. The third kappa shape index (κ3) is 5.25. The molecule has 2 aromatic carbocycles. The van der Waals surface area contributed by atoms with E-state index in [1.54, 1.807) is 30.4 Å². The Morgan fingerprint density at radius 2 is 1.76 bits per heavy atom. The number of benzene rings is 2. The molecule has 0 fully saturated rings. The predicted octanol–water partition coefficient (Wildman–Crippen LogP) is 3.69. The lowest BCUT2D eigenvalue weighted by molar-refractivity contribution is -0.140. The molecule has 0 aliphatic carbocycles. The van der Waals surface area contributed by atoms with Gasteiger partial charge in [0.2, 0.25) is 11.8 Å². The fourth-order valence-corrected chi connectivity index (χ4v) is 3.10. The number of carbonyl (C=O) groups is 2. The molecular weight excluding hydrogens is 368 g/mol. The minimum atomic E-state index is -0.759. The summed E-state index contributed by atoms with van der Waals surface area (Å²) < 4.78 is 10.5. The van der Waals surface area contributed by atoms with E-state index >= 15 is 0 Å². The summed E-state index contributed by atoms with van der Waals surface area (Å²) in [5.41, 5.74) is 1.65. The molecule has 0 aliphatic heterocycles. The van der Waals surface area contributed by atoms with Crippen molar-refractivity contribution >= 4 is 11.8 Å². The second kappa shape index (κ2) is 9.59. The minimum Gasteiger partial charge on any atom is -0.497 e. The summed E-state index contributed by atoms with van der Waals surface area (Å²) in [5.74, 6) is 0.924. The van der Waals surface area contributed by atoms with Crippen molar-refractivity contribution < 1.29 is 18.7 Å². The van der Waals surface area contributed by atoms with Crippen molar-refractivity contribution in [1.29, 1.82) is 0 Å². The van der Waals surface area contributed by atoms with Gasteiger partial charge in [-0.15, -0.1) is 0 Å². The molecule has 6 heteroatoms. The van der Waals surface area contributed by atoms with Crippen molar-refractivity contribution in [3.05, 3.63) is 89.9 Å². The maximum atomic E-state index is 13.1. The summed E-state index contributed by atoms with van der Waals surface area (Å²) >= 11 is 0. The van der Waals surface area contributed by atoms with Crippen molar-refractivity contribution in [1.82, 2.24) is 10.2 Å². The van der Waals surface area contributed by atoms with Gasteiger partial charge >= 0.3 is 0 Å². The lowest BCUT2D eigenvalue weighted by atomic mass is 10.0. The zero-order valence-electron chi connectivity index (χ0n) is 16.5. The molecule has 3 rings (SSSR count). The van der Waals surface area contributed by atoms with Crippen LogP contribution in [-0.2, 0) is 22.7 Å². The van der Waals surface area contributed by atoms with E-state index in [0.29, 0.717) is 12.3 Å². The Morgan fingerprint density at radius 1 is 1.03 bits per heavy atom. The minimum absolute atomic E-state index is 0.192. The number of carbonyl (C=O) groups excluding carboxylic acids is 2. The molecule has 2 amide bonds. The van der Waals surface area contributed by atoms with Crippen LogP contribution >= 0.6 is 0 Å². The number of amides is 2. The maximum Gasteiger partial charge on any atom is 0.247 e. The van der Waals surface area contributed by atoms with E-state index in [2.05, 4.69) is 5.32 Å². The van der Waals surface area contributed by atoms with Crippen LogP contribution in [0.1, 0.15) is 29.9 Å². The molecule has 0 saturated heterocycles. The summed E-state index contributed by atoms with van der Waals surface area (Å²) in [6.07, 6.45) is 1.56. The van der Waals surface area contributed by atoms with E-state index in [1.165, 1.54) is 6.92 Å². The molecule has 0 saturated carbocycles. The van der Waals surface area contributed by atoms with Crippen LogP contribution < -0.4 is 10.1 Å². The molecule has 1 aromatic heterocycles. The van der Waals surface area contributed by atoms with Crippen molar-refractivity contribution in [3.8, 4) is 5.75 Å². The third-order valence-electron chi connectivity index (χ3n) is 4.61. The molecule has 0 spiro atoms. The first-order valence-corrected chi connectivity index (χ1v) is 9.33. The average Bonchev–Trinajstić information content (AvgIpc) is 3.26. The average molecular weight is 392 g/mol. The number of nitrogens with one attached hydrogen (secondary N) is 1. The molecule has 0 radical (unpaired) electrons. The van der Waals surface area contributed by atoms with Gasteiger partial charge in [-0.2, -0.15) is 0 Å². The first-order chi connectivity index (χ1) is 14.1. The van der Waals surface area contributed by atoms with Crippen LogP contribution in [-0.4, -0.2) is 23.8 Å². The Bertz CT molecular complexity index is 921. The van der Waals surface area contributed by atoms with Gasteiger partial charge in [0.05, 0.1) is 19.9 Å². The number of hydrogen-bond acceptors (Lipinski definition) is 4. The summed E-state index contributed by atoms with van der Waals surface area (Å²) in [6.45, 7) is 2.02. The lowest BCUT2D eigenvalue weighted by Crippen LogP contribution is -2.42. The molecule has 6 nitrogen and oxygen atoms in total. The summed E-state index contributed by atoms with van der Waals surface area (Å²) in [4.78, 5) is 27.2. The second-order valence-corrected chi connectivity index (χ2v) is 6.61. The van der Waals surface area contributed by atoms with Gasteiger partial charge in [-0.1, -0.05) is 42.5 Å². The van der Waals surface area contributed by atoms with Crippen LogP contribution in [0.2, 0.25) is 0 Å². The van der Waals surface area contributed by atoms with Crippen LogP contribution in [0.3, 0.4) is 0 Å². The standard InChI is InChI=1S/C23H24N2O4/c1-17(26)25(16-18-10-12-20(28-2)13-11-18)22(19-7-4-3-5-8-19)23(27)24-15-21-9-6-14-29-21/h3-14,22H,15-16H2,1-2H3,(H,24,27). The van der Waals surface area contributed by atoms with Crippen LogP contribution in [0, 0.1) is 0 Å². The highest BCUT2D eigenvalue weighted by atomic mass is 16.5. The molecule has 0 bridgehead atoms. The van der Waals surface area contributed by atoms with Crippen molar-refractivity contribution in [2.45, 2.75) is 26.1 Å². The third-order valence-corrected chi connectivity index (χ3v) is 4.61. The Morgan fingerprint density at radius 3 is 2.34 bits per heavy atom. The van der Waals surface area contributed by atoms with Gasteiger partial charge in [-0.3, -0.25) is 9.59 Å². The quantitative estimate of drug-likeness (QED) is 0.635. The van der Waals surface area contributed by atoms with Gasteiger partial charge in [-0.25, -0.2) is 0 Å². The lowest BCUT2D eigenvalue weighted by Gasteiger charge is -2.30. The highest BCUT2D eigenvalue weighted by Crippen LogP contribution is 2.24. The summed E-state index contributed by atoms with van der Waals surface area (Å²) in [7, 11) is 1.60. The second-order valence-electron chi connectivity index (χ2n) is 6.61. The molecule has 0 aliphatic rings. The van der Waals surface area contributed by atoms with Crippen LogP contribution in [0.15, 0.2) is 77.4 Å². The van der Waals surface area contributed by atoms with Crippen molar-refractivity contribution in [2.75, 3.05) is 7.11 Å². The molecular formula is C23H24N2O4. The number of hydrogen-bond donors (Lipinski definition) is 1. The molecule has 3 aromatic rings. The molecule has 150 valence electrons. The van der Waals surface area contributed by atoms with E-state index in [1.807, 2.05) is 54.6 Å². The predicted molar refractivity (Wildman–Crippen MR) is 109 cm³/mol. The first kappa shape index (κ1) is 20.2. The van der Waals surface area contributed by atoms with E-state index in [9.17, 15) is 9.59 Å². The Hall–Kier alpha value is -3.54. The Kier molecular flexibility index (Phi) is 6.68. The van der Waals surface area contributed by atoms with Gasteiger partial charge in [0.25, 0.3) is 0 Å². The summed E-state index contributed by atoms with van der Waals surface area (Å²) in [5, 5.41) is 2.88. The fourth-order valence-electron chi connectivity index (χ4n) is 3.10. The Balaban J connectivity index is 1.86. The van der Waals surface area contributed by atoms with Gasteiger partial charge in [0, 0.05) is 13.5 Å². The summed E-state index contributed by atoms with van der Waals surface area (Å²) in [6, 6.07) is 19.5. The SMILES string of the molecule is COc1ccc(CN(C(C)=O)C(C(=O)NCc2ccco2)c2ccccc2)cc1. The molecule has 29 heavy (non-hydrogen) atoms. The van der Waals surface area contributed by atoms with E-state index in [-0.39, 0.29) is 18.4 Å². The molecule has 1 atom stereocenters. The largest absolute Gasteiger partial charge is 0.497 e. The van der Waals surface area contributed by atoms with Gasteiger partial charge in [-0.05, 0) is 35.4 Å². The van der Waals surface area contributed by atoms with E-state index < -0.39 is 6.04 Å². The highest BCUT2D eigenvalue weighted by molar-refractivity contribution is 5.88. The van der Waals surface area contributed by atoms with Gasteiger partial charge in [0.15, 0.2) is 0 Å². The number of furan rings is 1. The van der Waals surface area contributed by atoms with Gasteiger partial charge in [0.1, 0.15) is 17.6 Å². The topological polar surface area (TPSA) is 71.8 Å². The van der Waals surface area contributed by atoms with Crippen molar-refractivity contribution in [3.63, 3.8) is 0 Å². The highest BCUT2D eigenvalue weighted by Gasteiger charge is 2.29. The van der Waals surface area contributed by atoms with E-state index in [4.69, 9.17) is 9.15 Å². The number of rotatable bonds is 8. The van der Waals surface area contributed by atoms with Crippen LogP contribution in [0.5, 0.6) is 5.75 Å². The molecule has 1 unspecified atom stereocenters. The smallest absolute Gasteiger partial charge is 0.247 e. The monoisotopic (exact) mass is 392 g/mol. The zero-order valence-corrected chi connectivity index (χ0v) is 16.5. The Labute approximate surface area is 170 Å². The van der Waals surface area contributed by atoms with Gasteiger partial charge < -0.3 is 19.4 Å². The number of ether oxygens (including phenoxy) is 1. The fraction of sp³-hybridized carbons (Fsp3) is 0.217. The maximum absolute atomic E-state index is 13.1. The van der Waals surface area contributed by atoms with E-state index in [0.717, 1.165) is 16.9 Å². The molecule has 1 N–H and O–H groups in total. The van der Waals surface area contributed by atoms with Crippen LogP contribution in [0.25, 0.3) is 0 Å². The zero-order chi connectivity index (χ0) is 20.6. The normalized spacial score (nSPS) is 11.5.